The highest BCUT2D eigenvalue weighted by Crippen LogP contribution is 2.06. The number of hydrogen-bond acceptors (Lipinski definition) is 5. The molecule has 2 N–H and O–H groups in total. The number of nitrogens with zero attached hydrogens (tertiary/aromatic N) is 4. The number of nitrogens with two attached hydrogens (primary N) is 1. The Morgan fingerprint density at radius 1 is 1.40 bits per heavy atom. The SMILES string of the molecule is COc1ccc(Cn2cnc(N)c2)nn1. The van der Waals surface area contributed by atoms with Crippen LogP contribution in [0.15, 0.2) is 24.7 Å². The Kier molecular flexibility index (Phi) is 2.49. The molecule has 0 aliphatic carbocycles. The van der Waals surface area contributed by atoms with Gasteiger partial charge in [-0.3, -0.25) is 0 Å². The molecule has 0 radical (unpaired) electrons. The van der Waals surface area contributed by atoms with Gasteiger partial charge in [-0.25, -0.2) is 4.98 Å². The molecule has 6 heteroatoms. The third-order valence-electron chi connectivity index (χ3n) is 1.90. The fraction of sp³-hybridized carbons (Fsp3) is 0.222. The second-order valence-electron chi connectivity index (χ2n) is 3.04. The average Bonchev–Trinajstić information content (AvgIpc) is 2.65. The molecule has 0 atom stereocenters. The van der Waals surface area contributed by atoms with E-state index < -0.39 is 0 Å². The number of methoxy groups -OCH3 is 1. The average molecular weight is 205 g/mol. The Morgan fingerprint density at radius 2 is 2.27 bits per heavy atom. The Labute approximate surface area is 86.7 Å². The minimum atomic E-state index is 0.497. The highest BCUT2D eigenvalue weighted by Gasteiger charge is 1.99. The zero-order valence-corrected chi connectivity index (χ0v) is 8.29. The third-order valence-corrected chi connectivity index (χ3v) is 1.90. The first-order valence-corrected chi connectivity index (χ1v) is 4.42. The first kappa shape index (κ1) is 9.45. The van der Waals surface area contributed by atoms with Crippen molar-refractivity contribution in [2.75, 3.05) is 12.8 Å². The van der Waals surface area contributed by atoms with E-state index in [0.29, 0.717) is 18.2 Å². The number of ether oxygens (including phenoxy) is 1. The number of hydrogen-bond donors (Lipinski definition) is 1. The van der Waals surface area contributed by atoms with Gasteiger partial charge >= 0.3 is 0 Å². The molecular weight excluding hydrogens is 194 g/mol. The summed E-state index contributed by atoms with van der Waals surface area (Å²) in [6.07, 6.45) is 3.40. The van der Waals surface area contributed by atoms with Gasteiger partial charge in [0.05, 0.1) is 25.7 Å². The van der Waals surface area contributed by atoms with Gasteiger partial charge in [0, 0.05) is 12.3 Å². The Morgan fingerprint density at radius 3 is 2.80 bits per heavy atom. The highest BCUT2D eigenvalue weighted by molar-refractivity contribution is 5.23. The van der Waals surface area contributed by atoms with E-state index in [1.807, 2.05) is 10.6 Å². The van der Waals surface area contributed by atoms with Gasteiger partial charge < -0.3 is 15.0 Å². The van der Waals surface area contributed by atoms with E-state index in [0.717, 1.165) is 5.69 Å². The Bertz CT molecular complexity index is 436. The van der Waals surface area contributed by atoms with E-state index in [-0.39, 0.29) is 0 Å². The summed E-state index contributed by atoms with van der Waals surface area (Å²) in [6, 6.07) is 3.62. The summed E-state index contributed by atoms with van der Waals surface area (Å²) in [6.45, 7) is 0.598. The van der Waals surface area contributed by atoms with Crippen LogP contribution in [-0.4, -0.2) is 26.9 Å². The maximum atomic E-state index is 5.49. The van der Waals surface area contributed by atoms with Crippen molar-refractivity contribution >= 4 is 5.82 Å². The standard InChI is InChI=1S/C9H11N5O/c1-15-9-3-2-7(12-13-9)4-14-5-8(10)11-6-14/h2-3,5-6H,4,10H2,1H3. The molecule has 15 heavy (non-hydrogen) atoms. The molecule has 0 aliphatic rings. The van der Waals surface area contributed by atoms with Crippen LogP contribution < -0.4 is 10.5 Å². The molecule has 2 heterocycles. The lowest BCUT2D eigenvalue weighted by Gasteiger charge is -2.01. The fourth-order valence-corrected chi connectivity index (χ4v) is 1.19. The Hall–Kier alpha value is -2.11. The molecular formula is C9H11N5O. The summed E-state index contributed by atoms with van der Waals surface area (Å²) >= 11 is 0. The van der Waals surface area contributed by atoms with Crippen LogP contribution in [0, 0.1) is 0 Å². The van der Waals surface area contributed by atoms with Crippen molar-refractivity contribution in [1.82, 2.24) is 19.7 Å². The molecule has 2 aromatic rings. The topological polar surface area (TPSA) is 78.9 Å². The van der Waals surface area contributed by atoms with Crippen molar-refractivity contribution in [3.05, 3.63) is 30.4 Å². The zero-order valence-electron chi connectivity index (χ0n) is 8.29. The van der Waals surface area contributed by atoms with E-state index in [4.69, 9.17) is 10.5 Å². The fourth-order valence-electron chi connectivity index (χ4n) is 1.19. The molecule has 0 fully saturated rings. The van der Waals surface area contributed by atoms with Gasteiger partial charge in [-0.1, -0.05) is 0 Å². The van der Waals surface area contributed by atoms with Crippen LogP contribution in [-0.2, 0) is 6.54 Å². The van der Waals surface area contributed by atoms with Crippen molar-refractivity contribution < 1.29 is 4.74 Å². The van der Waals surface area contributed by atoms with E-state index in [2.05, 4.69) is 15.2 Å². The van der Waals surface area contributed by atoms with Gasteiger partial charge in [0.25, 0.3) is 0 Å². The number of anilines is 1. The number of rotatable bonds is 3. The van der Waals surface area contributed by atoms with Crippen molar-refractivity contribution in [2.24, 2.45) is 0 Å². The molecule has 0 aromatic carbocycles. The predicted octanol–water partition coefficient (Wildman–Crippen LogP) is 0.312. The summed E-state index contributed by atoms with van der Waals surface area (Å²) in [4.78, 5) is 3.91. The predicted molar refractivity (Wildman–Crippen MR) is 54.3 cm³/mol. The summed E-state index contributed by atoms with van der Waals surface area (Å²) in [5.74, 6) is 1.00. The van der Waals surface area contributed by atoms with Gasteiger partial charge in [-0.15, -0.1) is 10.2 Å². The lowest BCUT2D eigenvalue weighted by atomic mass is 10.4. The molecule has 0 saturated carbocycles. The quantitative estimate of drug-likeness (QED) is 0.780. The second kappa shape index (κ2) is 3.95. The third kappa shape index (κ3) is 2.22. The van der Waals surface area contributed by atoms with Crippen LogP contribution in [0.5, 0.6) is 5.88 Å². The van der Waals surface area contributed by atoms with Gasteiger partial charge in [-0.2, -0.15) is 0 Å². The van der Waals surface area contributed by atoms with Crippen molar-refractivity contribution in [3.8, 4) is 5.88 Å². The summed E-state index contributed by atoms with van der Waals surface area (Å²) in [5, 5.41) is 7.85. The van der Waals surface area contributed by atoms with Gasteiger partial charge in [0.2, 0.25) is 5.88 Å². The largest absolute Gasteiger partial charge is 0.480 e. The maximum absolute atomic E-state index is 5.49. The molecule has 0 bridgehead atoms. The minimum absolute atomic E-state index is 0.497. The zero-order chi connectivity index (χ0) is 10.7. The van der Waals surface area contributed by atoms with Gasteiger partial charge in [-0.05, 0) is 6.07 Å². The minimum Gasteiger partial charge on any atom is -0.480 e. The monoisotopic (exact) mass is 205 g/mol. The number of aromatic nitrogens is 4. The van der Waals surface area contributed by atoms with E-state index in [9.17, 15) is 0 Å². The highest BCUT2D eigenvalue weighted by atomic mass is 16.5. The molecule has 2 rings (SSSR count). The van der Waals surface area contributed by atoms with Crippen molar-refractivity contribution in [3.63, 3.8) is 0 Å². The van der Waals surface area contributed by atoms with Crippen LogP contribution in [0.2, 0.25) is 0 Å². The van der Waals surface area contributed by atoms with Crippen LogP contribution in [0.3, 0.4) is 0 Å². The lowest BCUT2D eigenvalue weighted by Crippen LogP contribution is -2.01. The molecule has 0 spiro atoms. The van der Waals surface area contributed by atoms with Crippen LogP contribution in [0.4, 0.5) is 5.82 Å². The smallest absolute Gasteiger partial charge is 0.233 e. The van der Waals surface area contributed by atoms with Gasteiger partial charge in [0.15, 0.2) is 0 Å². The van der Waals surface area contributed by atoms with Crippen LogP contribution in [0.25, 0.3) is 0 Å². The van der Waals surface area contributed by atoms with Crippen molar-refractivity contribution in [2.45, 2.75) is 6.54 Å². The Balaban J connectivity index is 2.11. The van der Waals surface area contributed by atoms with Crippen molar-refractivity contribution in [1.29, 1.82) is 0 Å². The lowest BCUT2D eigenvalue weighted by molar-refractivity contribution is 0.391. The first-order valence-electron chi connectivity index (χ1n) is 4.42. The molecule has 0 aliphatic heterocycles. The molecule has 6 nitrogen and oxygen atoms in total. The summed E-state index contributed by atoms with van der Waals surface area (Å²) < 4.78 is 6.75. The molecule has 0 saturated heterocycles. The molecule has 0 unspecified atom stereocenters. The molecule has 2 aromatic heterocycles. The van der Waals surface area contributed by atoms with E-state index in [1.54, 1.807) is 25.7 Å². The van der Waals surface area contributed by atoms with E-state index in [1.165, 1.54) is 0 Å². The molecule has 0 amide bonds. The van der Waals surface area contributed by atoms with Gasteiger partial charge in [0.1, 0.15) is 5.82 Å². The summed E-state index contributed by atoms with van der Waals surface area (Å²) in [7, 11) is 1.56. The number of imidazole rings is 1. The molecule has 78 valence electrons. The van der Waals surface area contributed by atoms with E-state index >= 15 is 0 Å². The normalized spacial score (nSPS) is 10.2. The summed E-state index contributed by atoms with van der Waals surface area (Å²) in [5.41, 5.74) is 6.32. The first-order chi connectivity index (χ1) is 7.28. The van der Waals surface area contributed by atoms with Crippen LogP contribution in [0.1, 0.15) is 5.69 Å². The number of nitrogen functional groups attached to an aromatic ring is 1. The van der Waals surface area contributed by atoms with Crippen LogP contribution >= 0.6 is 0 Å². The second-order valence-corrected chi connectivity index (χ2v) is 3.04. The maximum Gasteiger partial charge on any atom is 0.233 e.